The van der Waals surface area contributed by atoms with E-state index in [-0.39, 0.29) is 11.3 Å². The summed E-state index contributed by atoms with van der Waals surface area (Å²) in [7, 11) is -1.51. The number of hydrogen-bond donors (Lipinski definition) is 2. The van der Waals surface area contributed by atoms with Gasteiger partial charge in [-0.15, -0.1) is 4.98 Å². The van der Waals surface area contributed by atoms with Crippen LogP contribution in [0.1, 0.15) is 0 Å². The Morgan fingerprint density at radius 1 is 1.45 bits per heavy atom. The smallest absolute Gasteiger partial charge is 0.423 e. The minimum absolute atomic E-state index is 0.245. The largest absolute Gasteiger partial charge is 0.492 e. The zero-order chi connectivity index (χ0) is 8.27. The Bertz CT molecular complexity index is 278. The van der Waals surface area contributed by atoms with Gasteiger partial charge >= 0.3 is 7.12 Å². The fraction of sp³-hybridized carbons (Fsp3) is 0. The van der Waals surface area contributed by atoms with Crippen LogP contribution in [-0.4, -0.2) is 22.2 Å². The van der Waals surface area contributed by atoms with Gasteiger partial charge in [0.05, 0.1) is 0 Å². The zero-order valence-electron chi connectivity index (χ0n) is 5.60. The molecule has 0 radical (unpaired) electrons. The molecule has 1 heterocycles. The highest BCUT2D eigenvalue weighted by Gasteiger charge is 2.11. The number of rotatable bonds is 1. The highest BCUT2D eigenvalue weighted by Crippen LogP contribution is 2.01. The van der Waals surface area contributed by atoms with Crippen molar-refractivity contribution in [3.05, 3.63) is 29.7 Å². The van der Waals surface area contributed by atoms with Gasteiger partial charge in [-0.25, -0.2) is 0 Å². The molecule has 11 heavy (non-hydrogen) atoms. The van der Waals surface area contributed by atoms with Gasteiger partial charge in [0.2, 0.25) is 0 Å². The molecule has 0 amide bonds. The molecule has 0 aliphatic rings. The quantitative estimate of drug-likeness (QED) is 0.409. The van der Waals surface area contributed by atoms with E-state index in [1.807, 2.05) is 0 Å². The standard InChI is InChI=1S/C6H5BN2O2/c1-8-6-3-2-5(4-9-6)7(10)11/h2-4,10-11H. The first-order valence-corrected chi connectivity index (χ1v) is 2.93. The molecule has 54 valence electrons. The predicted octanol–water partition coefficient (Wildman–Crippen LogP) is -0.688. The summed E-state index contributed by atoms with van der Waals surface area (Å²) < 4.78 is 0. The summed E-state index contributed by atoms with van der Waals surface area (Å²) in [5.41, 5.74) is 0.289. The van der Waals surface area contributed by atoms with Crippen LogP contribution in [0.5, 0.6) is 0 Å². The van der Waals surface area contributed by atoms with Gasteiger partial charge in [-0.3, -0.25) is 0 Å². The molecule has 0 aromatic carbocycles. The number of hydrogen-bond acceptors (Lipinski definition) is 3. The van der Waals surface area contributed by atoms with E-state index in [2.05, 4.69) is 9.83 Å². The highest BCUT2D eigenvalue weighted by atomic mass is 16.4. The molecule has 1 aromatic rings. The van der Waals surface area contributed by atoms with Crippen LogP contribution in [0.4, 0.5) is 5.82 Å². The van der Waals surface area contributed by atoms with Crippen LogP contribution in [0, 0.1) is 6.57 Å². The van der Waals surface area contributed by atoms with Crippen molar-refractivity contribution in [1.29, 1.82) is 0 Å². The molecule has 0 aliphatic carbocycles. The van der Waals surface area contributed by atoms with E-state index >= 15 is 0 Å². The fourth-order valence-electron chi connectivity index (χ4n) is 0.616. The van der Waals surface area contributed by atoms with Crippen molar-refractivity contribution in [1.82, 2.24) is 4.98 Å². The lowest BCUT2D eigenvalue weighted by Crippen LogP contribution is -2.29. The first-order valence-electron chi connectivity index (χ1n) is 2.93. The fourth-order valence-corrected chi connectivity index (χ4v) is 0.616. The van der Waals surface area contributed by atoms with Crippen molar-refractivity contribution in [2.75, 3.05) is 0 Å². The van der Waals surface area contributed by atoms with Crippen molar-refractivity contribution in [2.45, 2.75) is 0 Å². The van der Waals surface area contributed by atoms with Crippen LogP contribution in [0.2, 0.25) is 0 Å². The van der Waals surface area contributed by atoms with Crippen molar-refractivity contribution < 1.29 is 10.0 Å². The Balaban J connectivity index is 2.94. The summed E-state index contributed by atoms with van der Waals surface area (Å²) in [4.78, 5) is 6.69. The van der Waals surface area contributed by atoms with Gasteiger partial charge in [-0.1, -0.05) is 12.6 Å². The van der Waals surface area contributed by atoms with Crippen LogP contribution in [0.25, 0.3) is 4.85 Å². The third-order valence-electron chi connectivity index (χ3n) is 1.18. The summed E-state index contributed by atoms with van der Waals surface area (Å²) in [5.74, 6) is 0.245. The SMILES string of the molecule is [C-]#[N+]c1ccc(B(O)O)cn1. The second-order valence-electron chi connectivity index (χ2n) is 1.94. The van der Waals surface area contributed by atoms with E-state index < -0.39 is 7.12 Å². The lowest BCUT2D eigenvalue weighted by molar-refractivity contribution is 0.425. The van der Waals surface area contributed by atoms with E-state index in [1.165, 1.54) is 18.3 Å². The molecule has 1 aromatic heterocycles. The molecule has 0 bridgehead atoms. The van der Waals surface area contributed by atoms with Gasteiger partial charge in [-0.05, 0) is 6.07 Å². The molecule has 0 unspecified atom stereocenters. The number of nitrogens with zero attached hydrogens (tertiary/aromatic N) is 2. The third-order valence-corrected chi connectivity index (χ3v) is 1.18. The molecule has 0 spiro atoms. The molecular formula is C6H5BN2O2. The summed E-state index contributed by atoms with van der Waals surface area (Å²) in [6, 6.07) is 2.88. The van der Waals surface area contributed by atoms with Crippen LogP contribution < -0.4 is 5.46 Å². The van der Waals surface area contributed by atoms with E-state index in [1.54, 1.807) is 0 Å². The molecule has 0 atom stereocenters. The molecule has 0 fully saturated rings. The summed E-state index contributed by atoms with van der Waals surface area (Å²) >= 11 is 0. The van der Waals surface area contributed by atoms with Gasteiger partial charge in [0, 0.05) is 5.46 Å². The van der Waals surface area contributed by atoms with Gasteiger partial charge in [0.1, 0.15) is 6.20 Å². The van der Waals surface area contributed by atoms with Gasteiger partial charge in [0.15, 0.2) is 0 Å². The number of pyridine rings is 1. The van der Waals surface area contributed by atoms with E-state index in [9.17, 15) is 0 Å². The van der Waals surface area contributed by atoms with Crippen molar-refractivity contribution in [3.63, 3.8) is 0 Å². The maximum absolute atomic E-state index is 8.63. The van der Waals surface area contributed by atoms with Crippen LogP contribution in [0.15, 0.2) is 18.3 Å². The zero-order valence-corrected chi connectivity index (χ0v) is 5.60. The molecule has 0 aliphatic heterocycles. The maximum Gasteiger partial charge on any atom is 0.492 e. The minimum Gasteiger partial charge on any atom is -0.423 e. The minimum atomic E-state index is -1.51. The third kappa shape index (κ3) is 1.77. The molecular weight excluding hydrogens is 143 g/mol. The molecule has 0 saturated carbocycles. The monoisotopic (exact) mass is 148 g/mol. The normalized spacial score (nSPS) is 8.82. The lowest BCUT2D eigenvalue weighted by Gasteiger charge is -1.94. The van der Waals surface area contributed by atoms with E-state index in [4.69, 9.17) is 16.6 Å². The molecule has 1 rings (SSSR count). The topological polar surface area (TPSA) is 57.7 Å². The Morgan fingerprint density at radius 3 is 2.55 bits per heavy atom. The highest BCUT2D eigenvalue weighted by molar-refractivity contribution is 6.58. The van der Waals surface area contributed by atoms with Gasteiger partial charge in [0.25, 0.3) is 5.82 Å². The lowest BCUT2D eigenvalue weighted by atomic mass is 9.82. The first kappa shape index (κ1) is 7.73. The number of aromatic nitrogens is 1. The second kappa shape index (κ2) is 3.15. The summed E-state index contributed by atoms with van der Waals surface area (Å²) in [6.07, 6.45) is 1.26. The molecule has 5 heteroatoms. The average Bonchev–Trinajstić information content (AvgIpc) is 2.05. The van der Waals surface area contributed by atoms with Crippen molar-refractivity contribution in [2.24, 2.45) is 0 Å². The molecule has 2 N–H and O–H groups in total. The Labute approximate surface area is 64.1 Å². The van der Waals surface area contributed by atoms with Crippen LogP contribution >= 0.6 is 0 Å². The first-order chi connectivity index (χ1) is 5.24. The van der Waals surface area contributed by atoms with E-state index in [0.717, 1.165) is 0 Å². The Hall–Kier alpha value is -1.38. The molecule has 0 saturated heterocycles. The predicted molar refractivity (Wildman–Crippen MR) is 40.3 cm³/mol. The second-order valence-corrected chi connectivity index (χ2v) is 1.94. The average molecular weight is 148 g/mol. The summed E-state index contributed by atoms with van der Waals surface area (Å²) in [6.45, 7) is 6.56. The van der Waals surface area contributed by atoms with Crippen LogP contribution in [-0.2, 0) is 0 Å². The molecule has 4 nitrogen and oxygen atoms in total. The van der Waals surface area contributed by atoms with Crippen LogP contribution in [0.3, 0.4) is 0 Å². The summed E-state index contributed by atoms with van der Waals surface area (Å²) in [5, 5.41) is 17.3. The van der Waals surface area contributed by atoms with Gasteiger partial charge < -0.3 is 14.9 Å². The van der Waals surface area contributed by atoms with Crippen molar-refractivity contribution in [3.8, 4) is 0 Å². The maximum atomic E-state index is 8.63. The Morgan fingerprint density at radius 2 is 2.18 bits per heavy atom. The Kier molecular flexibility index (Phi) is 2.21. The van der Waals surface area contributed by atoms with Crippen molar-refractivity contribution >= 4 is 18.4 Å². The van der Waals surface area contributed by atoms with E-state index in [0.29, 0.717) is 0 Å². The van der Waals surface area contributed by atoms with Gasteiger partial charge in [-0.2, -0.15) is 0 Å².